The van der Waals surface area contributed by atoms with Crippen LogP contribution in [0.3, 0.4) is 0 Å². The fourth-order valence-electron chi connectivity index (χ4n) is 3.68. The monoisotopic (exact) mass is 390 g/mol. The highest BCUT2D eigenvalue weighted by Crippen LogP contribution is 2.16. The molecule has 2 aromatic carbocycles. The van der Waals surface area contributed by atoms with E-state index >= 15 is 0 Å². The number of rotatable bonds is 6. The van der Waals surface area contributed by atoms with E-state index in [0.29, 0.717) is 31.7 Å². The van der Waals surface area contributed by atoms with Crippen LogP contribution >= 0.6 is 0 Å². The maximum absolute atomic E-state index is 12.8. The Labute approximate surface area is 171 Å². The lowest BCUT2D eigenvalue weighted by molar-refractivity contribution is 0.0527. The molecule has 3 aromatic rings. The van der Waals surface area contributed by atoms with Gasteiger partial charge in [-0.1, -0.05) is 42.5 Å². The van der Waals surface area contributed by atoms with Crippen LogP contribution in [0, 0.1) is 0 Å². The number of amides is 1. The molecule has 1 saturated heterocycles. The zero-order valence-electron chi connectivity index (χ0n) is 16.4. The first-order chi connectivity index (χ1) is 14.2. The van der Waals surface area contributed by atoms with Crippen LogP contribution in [-0.2, 0) is 6.54 Å². The summed E-state index contributed by atoms with van der Waals surface area (Å²) in [6.07, 6.45) is 3.18. The summed E-state index contributed by atoms with van der Waals surface area (Å²) in [6.45, 7) is 4.18. The van der Waals surface area contributed by atoms with E-state index in [9.17, 15) is 9.90 Å². The highest BCUT2D eigenvalue weighted by atomic mass is 16.3. The Morgan fingerprint density at radius 1 is 0.966 bits per heavy atom. The number of aliphatic hydroxyl groups is 1. The van der Waals surface area contributed by atoms with Gasteiger partial charge in [0.15, 0.2) is 0 Å². The summed E-state index contributed by atoms with van der Waals surface area (Å²) in [5.74, 6) is 0.0684. The maximum Gasteiger partial charge on any atom is 0.253 e. The molecule has 2 heterocycles. The van der Waals surface area contributed by atoms with Gasteiger partial charge < -0.3 is 10.0 Å². The molecule has 1 unspecified atom stereocenters. The van der Waals surface area contributed by atoms with Crippen molar-refractivity contribution in [3.63, 3.8) is 0 Å². The Balaban J connectivity index is 1.28. The number of carbonyl (C=O) groups excluding carboxylic acids is 1. The van der Waals surface area contributed by atoms with Gasteiger partial charge in [0.2, 0.25) is 0 Å². The van der Waals surface area contributed by atoms with E-state index in [1.807, 2.05) is 76.4 Å². The molecule has 1 aromatic heterocycles. The Hall–Kier alpha value is -2.96. The van der Waals surface area contributed by atoms with Crippen molar-refractivity contribution in [1.82, 2.24) is 19.6 Å². The van der Waals surface area contributed by atoms with Crippen molar-refractivity contribution < 1.29 is 9.90 Å². The van der Waals surface area contributed by atoms with Gasteiger partial charge in [0.1, 0.15) is 0 Å². The average molecular weight is 390 g/mol. The molecule has 6 heteroatoms. The van der Waals surface area contributed by atoms with E-state index in [-0.39, 0.29) is 5.91 Å². The van der Waals surface area contributed by atoms with Crippen molar-refractivity contribution in [2.75, 3.05) is 32.7 Å². The van der Waals surface area contributed by atoms with Gasteiger partial charge in [-0.15, -0.1) is 0 Å². The van der Waals surface area contributed by atoms with Crippen LogP contribution in [0.15, 0.2) is 73.1 Å². The Bertz CT molecular complexity index is 902. The number of nitrogens with zero attached hydrogens (tertiary/aromatic N) is 4. The van der Waals surface area contributed by atoms with Crippen LogP contribution < -0.4 is 0 Å². The number of hydrogen-bond acceptors (Lipinski definition) is 4. The van der Waals surface area contributed by atoms with Gasteiger partial charge in [0.25, 0.3) is 5.91 Å². The zero-order valence-corrected chi connectivity index (χ0v) is 16.4. The maximum atomic E-state index is 12.8. The molecule has 150 valence electrons. The van der Waals surface area contributed by atoms with Gasteiger partial charge in [-0.05, 0) is 29.3 Å². The predicted molar refractivity (Wildman–Crippen MR) is 112 cm³/mol. The highest BCUT2D eigenvalue weighted by molar-refractivity contribution is 5.94. The second kappa shape index (κ2) is 9.03. The van der Waals surface area contributed by atoms with E-state index < -0.39 is 6.10 Å². The second-order valence-corrected chi connectivity index (χ2v) is 7.42. The van der Waals surface area contributed by atoms with Crippen LogP contribution in [0.2, 0.25) is 0 Å². The molecule has 29 heavy (non-hydrogen) atoms. The number of β-amino-alcohol motifs (C(OH)–C–C–N with tert-alkyl or cyclic N) is 1. The van der Waals surface area contributed by atoms with Crippen LogP contribution in [0.4, 0.5) is 0 Å². The summed E-state index contributed by atoms with van der Waals surface area (Å²) in [5, 5.41) is 14.6. The van der Waals surface area contributed by atoms with Crippen molar-refractivity contribution >= 4 is 5.91 Å². The largest absolute Gasteiger partial charge is 0.387 e. The van der Waals surface area contributed by atoms with Crippen molar-refractivity contribution in [2.45, 2.75) is 12.6 Å². The minimum atomic E-state index is -0.499. The van der Waals surface area contributed by atoms with E-state index in [0.717, 1.165) is 24.2 Å². The van der Waals surface area contributed by atoms with Crippen molar-refractivity contribution in [2.24, 2.45) is 0 Å². The molecule has 0 spiro atoms. The Morgan fingerprint density at radius 2 is 1.69 bits per heavy atom. The fourth-order valence-corrected chi connectivity index (χ4v) is 3.68. The smallest absolute Gasteiger partial charge is 0.253 e. The zero-order chi connectivity index (χ0) is 20.1. The molecule has 0 saturated carbocycles. The molecule has 4 rings (SSSR count). The third kappa shape index (κ3) is 4.91. The molecule has 0 bridgehead atoms. The first kappa shape index (κ1) is 19.4. The summed E-state index contributed by atoms with van der Waals surface area (Å²) < 4.78 is 1.86. The molecule has 1 amide bonds. The lowest BCUT2D eigenvalue weighted by atomic mass is 10.1. The summed E-state index contributed by atoms with van der Waals surface area (Å²) in [7, 11) is 0. The lowest BCUT2D eigenvalue weighted by Crippen LogP contribution is -2.49. The molecule has 1 N–H and O–H groups in total. The molecule has 6 nitrogen and oxygen atoms in total. The molecule has 0 aliphatic carbocycles. The normalized spacial score (nSPS) is 16.0. The topological polar surface area (TPSA) is 61.6 Å². The SMILES string of the molecule is O=C(c1ccc(Cn2cccn2)cc1)N1CCN(CC(O)c2ccccc2)CC1. The van der Waals surface area contributed by atoms with E-state index in [1.54, 1.807) is 6.20 Å². The number of hydrogen-bond donors (Lipinski definition) is 1. The van der Waals surface area contributed by atoms with Gasteiger partial charge in [-0.25, -0.2) is 0 Å². The molecule has 1 aliphatic heterocycles. The molecule has 0 radical (unpaired) electrons. The van der Waals surface area contributed by atoms with E-state index in [4.69, 9.17) is 0 Å². The number of carbonyl (C=O) groups is 1. The number of aromatic nitrogens is 2. The van der Waals surface area contributed by atoms with Gasteiger partial charge in [-0.2, -0.15) is 5.10 Å². The number of aliphatic hydroxyl groups excluding tert-OH is 1. The van der Waals surface area contributed by atoms with Crippen LogP contribution in [0.5, 0.6) is 0 Å². The Morgan fingerprint density at radius 3 is 2.34 bits per heavy atom. The molecule has 1 atom stereocenters. The minimum Gasteiger partial charge on any atom is -0.387 e. The summed E-state index contributed by atoms with van der Waals surface area (Å²) in [6, 6.07) is 19.4. The molecular formula is C23H26N4O2. The average Bonchev–Trinajstić information content (AvgIpc) is 3.28. The number of piperazine rings is 1. The first-order valence-electron chi connectivity index (χ1n) is 10.00. The highest BCUT2D eigenvalue weighted by Gasteiger charge is 2.23. The van der Waals surface area contributed by atoms with Gasteiger partial charge in [0.05, 0.1) is 12.6 Å². The third-order valence-corrected chi connectivity index (χ3v) is 5.38. The number of benzene rings is 2. The van der Waals surface area contributed by atoms with Crippen LogP contribution in [-0.4, -0.2) is 63.3 Å². The summed E-state index contributed by atoms with van der Waals surface area (Å²) in [4.78, 5) is 16.9. The fraction of sp³-hybridized carbons (Fsp3) is 0.304. The first-order valence-corrected chi connectivity index (χ1v) is 10.00. The third-order valence-electron chi connectivity index (χ3n) is 5.38. The van der Waals surface area contributed by atoms with E-state index in [2.05, 4.69) is 10.00 Å². The molecular weight excluding hydrogens is 364 g/mol. The Kier molecular flexibility index (Phi) is 6.03. The van der Waals surface area contributed by atoms with Gasteiger partial charge in [-0.3, -0.25) is 14.4 Å². The van der Waals surface area contributed by atoms with Crippen molar-refractivity contribution in [1.29, 1.82) is 0 Å². The molecule has 1 fully saturated rings. The standard InChI is InChI=1S/C23H26N4O2/c28-22(20-5-2-1-3-6-20)18-25-13-15-26(16-14-25)23(29)21-9-7-19(8-10-21)17-27-12-4-11-24-27/h1-12,22,28H,13-18H2. The van der Waals surface area contributed by atoms with E-state index in [1.165, 1.54) is 0 Å². The predicted octanol–water partition coefficient (Wildman–Crippen LogP) is 2.42. The quantitative estimate of drug-likeness (QED) is 0.702. The van der Waals surface area contributed by atoms with Crippen molar-refractivity contribution in [3.05, 3.63) is 89.7 Å². The lowest BCUT2D eigenvalue weighted by Gasteiger charge is -2.35. The van der Waals surface area contributed by atoms with Gasteiger partial charge >= 0.3 is 0 Å². The van der Waals surface area contributed by atoms with Crippen LogP contribution in [0.25, 0.3) is 0 Å². The molecule has 1 aliphatic rings. The second-order valence-electron chi connectivity index (χ2n) is 7.42. The summed E-state index contributed by atoms with van der Waals surface area (Å²) in [5.41, 5.74) is 2.76. The summed E-state index contributed by atoms with van der Waals surface area (Å²) >= 11 is 0. The minimum absolute atomic E-state index is 0.0684. The van der Waals surface area contributed by atoms with Gasteiger partial charge in [0, 0.05) is 50.7 Å². The van der Waals surface area contributed by atoms with Crippen LogP contribution in [0.1, 0.15) is 27.6 Å². The van der Waals surface area contributed by atoms with Crippen molar-refractivity contribution in [3.8, 4) is 0 Å².